The molecular weight excluding hydrogens is 238 g/mol. The van der Waals surface area contributed by atoms with Gasteiger partial charge in [-0.15, -0.1) is 11.3 Å². The Morgan fingerprint density at radius 2 is 2.41 bits per heavy atom. The molecule has 2 aromatic rings. The standard InChI is InChI=1S/C10H13N5OS/c1-6-8(17-5-13-6)10(16)12-3-7-4-14-15(2)9(7)11/h4-5H,3,11H2,1-2H3,(H,12,16). The highest BCUT2D eigenvalue weighted by molar-refractivity contribution is 7.11. The lowest BCUT2D eigenvalue weighted by Crippen LogP contribution is -2.23. The highest BCUT2D eigenvalue weighted by atomic mass is 32.1. The van der Waals surface area contributed by atoms with Crippen molar-refractivity contribution >= 4 is 23.1 Å². The molecule has 0 radical (unpaired) electrons. The Bertz CT molecular complexity index is 545. The fraction of sp³-hybridized carbons (Fsp3) is 0.300. The van der Waals surface area contributed by atoms with Gasteiger partial charge in [0, 0.05) is 19.2 Å². The van der Waals surface area contributed by atoms with E-state index in [0.717, 1.165) is 11.3 Å². The minimum atomic E-state index is -0.131. The van der Waals surface area contributed by atoms with E-state index in [4.69, 9.17) is 5.73 Å². The van der Waals surface area contributed by atoms with Crippen LogP contribution in [0, 0.1) is 6.92 Å². The predicted octanol–water partition coefficient (Wildman–Crippen LogP) is 0.697. The number of amides is 1. The van der Waals surface area contributed by atoms with Crippen LogP contribution in [0.1, 0.15) is 20.9 Å². The smallest absolute Gasteiger partial charge is 0.263 e. The van der Waals surface area contributed by atoms with Crippen molar-refractivity contribution in [1.82, 2.24) is 20.1 Å². The molecule has 0 saturated heterocycles. The van der Waals surface area contributed by atoms with Gasteiger partial charge in [-0.2, -0.15) is 5.10 Å². The number of anilines is 1. The molecule has 2 heterocycles. The van der Waals surface area contributed by atoms with Gasteiger partial charge in [0.15, 0.2) is 0 Å². The van der Waals surface area contributed by atoms with E-state index < -0.39 is 0 Å². The molecule has 6 nitrogen and oxygen atoms in total. The molecule has 2 aromatic heterocycles. The van der Waals surface area contributed by atoms with Gasteiger partial charge in [0.1, 0.15) is 10.7 Å². The lowest BCUT2D eigenvalue weighted by molar-refractivity contribution is 0.0954. The van der Waals surface area contributed by atoms with Gasteiger partial charge < -0.3 is 11.1 Å². The Labute approximate surface area is 102 Å². The number of aryl methyl sites for hydroxylation is 2. The van der Waals surface area contributed by atoms with E-state index in [1.807, 2.05) is 6.92 Å². The van der Waals surface area contributed by atoms with Crippen LogP contribution in [0.4, 0.5) is 5.82 Å². The van der Waals surface area contributed by atoms with Crippen molar-refractivity contribution in [3.63, 3.8) is 0 Å². The van der Waals surface area contributed by atoms with Crippen LogP contribution in [0.5, 0.6) is 0 Å². The van der Waals surface area contributed by atoms with Crippen LogP contribution in [0.15, 0.2) is 11.7 Å². The summed E-state index contributed by atoms with van der Waals surface area (Å²) in [6, 6.07) is 0. The van der Waals surface area contributed by atoms with Crippen LogP contribution in [0.3, 0.4) is 0 Å². The summed E-state index contributed by atoms with van der Waals surface area (Å²) in [7, 11) is 1.76. The maximum Gasteiger partial charge on any atom is 0.263 e. The van der Waals surface area contributed by atoms with Gasteiger partial charge in [0.2, 0.25) is 0 Å². The molecule has 1 amide bonds. The number of nitrogen functional groups attached to an aromatic ring is 1. The van der Waals surface area contributed by atoms with Gasteiger partial charge in [0.05, 0.1) is 17.4 Å². The molecule has 7 heteroatoms. The maximum absolute atomic E-state index is 11.8. The van der Waals surface area contributed by atoms with E-state index in [1.54, 1.807) is 23.4 Å². The molecule has 90 valence electrons. The molecule has 2 rings (SSSR count). The van der Waals surface area contributed by atoms with Crippen molar-refractivity contribution < 1.29 is 4.79 Å². The Kier molecular flexibility index (Phi) is 3.10. The van der Waals surface area contributed by atoms with Crippen molar-refractivity contribution in [1.29, 1.82) is 0 Å². The van der Waals surface area contributed by atoms with Crippen molar-refractivity contribution in [2.24, 2.45) is 7.05 Å². The van der Waals surface area contributed by atoms with Crippen LogP contribution in [-0.4, -0.2) is 20.7 Å². The molecule has 3 N–H and O–H groups in total. The van der Waals surface area contributed by atoms with E-state index in [1.165, 1.54) is 11.3 Å². The summed E-state index contributed by atoms with van der Waals surface area (Å²) in [5, 5.41) is 6.80. The number of hydrogen-bond donors (Lipinski definition) is 2. The van der Waals surface area contributed by atoms with E-state index >= 15 is 0 Å². The van der Waals surface area contributed by atoms with Crippen LogP contribution in [0.2, 0.25) is 0 Å². The molecule has 0 saturated carbocycles. The third kappa shape index (κ3) is 2.28. The molecule has 0 aliphatic heterocycles. The Hall–Kier alpha value is -1.89. The largest absolute Gasteiger partial charge is 0.384 e. The average molecular weight is 251 g/mol. The normalized spacial score (nSPS) is 10.5. The molecule has 0 spiro atoms. The number of nitrogens with zero attached hydrogens (tertiary/aromatic N) is 3. The highest BCUT2D eigenvalue weighted by Gasteiger charge is 2.12. The van der Waals surface area contributed by atoms with Gasteiger partial charge in [-0.05, 0) is 6.92 Å². The lowest BCUT2D eigenvalue weighted by Gasteiger charge is -2.03. The van der Waals surface area contributed by atoms with E-state index in [0.29, 0.717) is 17.2 Å². The minimum Gasteiger partial charge on any atom is -0.384 e. The van der Waals surface area contributed by atoms with Gasteiger partial charge in [-0.25, -0.2) is 4.98 Å². The Morgan fingerprint density at radius 1 is 1.65 bits per heavy atom. The predicted molar refractivity (Wildman–Crippen MR) is 65.6 cm³/mol. The lowest BCUT2D eigenvalue weighted by atomic mass is 10.3. The summed E-state index contributed by atoms with van der Waals surface area (Å²) in [6.07, 6.45) is 1.65. The van der Waals surface area contributed by atoms with Gasteiger partial charge in [-0.1, -0.05) is 0 Å². The van der Waals surface area contributed by atoms with E-state index in [-0.39, 0.29) is 5.91 Å². The summed E-state index contributed by atoms with van der Waals surface area (Å²) in [4.78, 5) is 16.5. The maximum atomic E-state index is 11.8. The Balaban J connectivity index is 2.02. The quantitative estimate of drug-likeness (QED) is 0.840. The van der Waals surface area contributed by atoms with Crippen molar-refractivity contribution in [2.75, 3.05) is 5.73 Å². The summed E-state index contributed by atoms with van der Waals surface area (Å²) in [5.41, 5.74) is 8.98. The molecule has 0 aromatic carbocycles. The molecular formula is C10H13N5OS. The number of rotatable bonds is 3. The van der Waals surface area contributed by atoms with Crippen LogP contribution >= 0.6 is 11.3 Å². The first-order chi connectivity index (χ1) is 8.09. The van der Waals surface area contributed by atoms with Gasteiger partial charge in [0.25, 0.3) is 5.91 Å². The summed E-state index contributed by atoms with van der Waals surface area (Å²) < 4.78 is 1.57. The summed E-state index contributed by atoms with van der Waals surface area (Å²) >= 11 is 1.33. The second kappa shape index (κ2) is 4.54. The van der Waals surface area contributed by atoms with Crippen LogP contribution in [-0.2, 0) is 13.6 Å². The highest BCUT2D eigenvalue weighted by Crippen LogP contribution is 2.13. The zero-order valence-electron chi connectivity index (χ0n) is 9.60. The van der Waals surface area contributed by atoms with Crippen LogP contribution in [0.25, 0.3) is 0 Å². The van der Waals surface area contributed by atoms with Crippen molar-refractivity contribution in [2.45, 2.75) is 13.5 Å². The number of aromatic nitrogens is 3. The zero-order chi connectivity index (χ0) is 12.4. The number of thiazole rings is 1. The summed E-state index contributed by atoms with van der Waals surface area (Å²) in [5.74, 6) is 0.430. The third-order valence-electron chi connectivity index (χ3n) is 2.46. The first-order valence-corrected chi connectivity index (χ1v) is 5.92. The third-order valence-corrected chi connectivity index (χ3v) is 3.38. The zero-order valence-corrected chi connectivity index (χ0v) is 10.4. The molecule has 0 bridgehead atoms. The molecule has 0 aliphatic carbocycles. The molecule has 0 aliphatic rings. The molecule has 17 heavy (non-hydrogen) atoms. The van der Waals surface area contributed by atoms with Crippen molar-refractivity contribution in [3.05, 3.63) is 27.8 Å². The number of carbonyl (C=O) groups excluding carboxylic acids is 1. The molecule has 0 unspecified atom stereocenters. The fourth-order valence-corrected chi connectivity index (χ4v) is 2.12. The van der Waals surface area contributed by atoms with E-state index in [2.05, 4.69) is 15.4 Å². The van der Waals surface area contributed by atoms with Gasteiger partial charge >= 0.3 is 0 Å². The number of nitrogens with one attached hydrogen (secondary N) is 1. The Morgan fingerprint density at radius 3 is 2.94 bits per heavy atom. The number of carbonyl (C=O) groups is 1. The monoisotopic (exact) mass is 251 g/mol. The topological polar surface area (TPSA) is 85.8 Å². The number of nitrogens with two attached hydrogens (primary N) is 1. The van der Waals surface area contributed by atoms with Gasteiger partial charge in [-0.3, -0.25) is 9.48 Å². The van der Waals surface area contributed by atoms with Crippen molar-refractivity contribution in [3.8, 4) is 0 Å². The molecule has 0 atom stereocenters. The second-order valence-electron chi connectivity index (χ2n) is 3.63. The van der Waals surface area contributed by atoms with Crippen LogP contribution < -0.4 is 11.1 Å². The first kappa shape index (κ1) is 11.6. The second-order valence-corrected chi connectivity index (χ2v) is 4.48. The SMILES string of the molecule is Cc1ncsc1C(=O)NCc1cnn(C)c1N. The summed E-state index contributed by atoms with van der Waals surface area (Å²) in [6.45, 7) is 2.18. The average Bonchev–Trinajstić information content (AvgIpc) is 2.85. The fourth-order valence-electron chi connectivity index (χ4n) is 1.40. The first-order valence-electron chi connectivity index (χ1n) is 5.04. The minimum absolute atomic E-state index is 0.131. The number of hydrogen-bond acceptors (Lipinski definition) is 5. The van der Waals surface area contributed by atoms with E-state index in [9.17, 15) is 4.79 Å². The molecule has 0 fully saturated rings.